The molecule has 1 heterocycles. The molecule has 3 rings (SSSR count). The Bertz CT molecular complexity index is 626. The van der Waals surface area contributed by atoms with Crippen LogP contribution in [0, 0.1) is 11.7 Å². The number of carbonyl (C=O) groups is 2. The molecule has 0 radical (unpaired) electrons. The third kappa shape index (κ3) is 2.95. The van der Waals surface area contributed by atoms with Crippen LogP contribution in [0.1, 0.15) is 44.3 Å². The van der Waals surface area contributed by atoms with E-state index in [1.165, 1.54) is 18.2 Å². The molecule has 1 aromatic rings. The molecule has 23 heavy (non-hydrogen) atoms. The molecule has 124 valence electrons. The highest BCUT2D eigenvalue weighted by molar-refractivity contribution is 6.07. The van der Waals surface area contributed by atoms with E-state index in [9.17, 15) is 19.1 Å². The second-order valence-electron chi connectivity index (χ2n) is 6.68. The zero-order valence-electron chi connectivity index (χ0n) is 13.1. The van der Waals surface area contributed by atoms with Crippen molar-refractivity contribution in [2.75, 3.05) is 6.54 Å². The Morgan fingerprint density at radius 2 is 2.09 bits per heavy atom. The van der Waals surface area contributed by atoms with Crippen molar-refractivity contribution in [2.24, 2.45) is 5.92 Å². The van der Waals surface area contributed by atoms with Gasteiger partial charge in [0.2, 0.25) is 0 Å². The van der Waals surface area contributed by atoms with Gasteiger partial charge in [-0.25, -0.2) is 9.18 Å². The molecular weight excluding hydrogens is 299 g/mol. The first-order valence-electron chi connectivity index (χ1n) is 7.99. The zero-order valence-corrected chi connectivity index (χ0v) is 13.1. The van der Waals surface area contributed by atoms with Crippen LogP contribution in [0.25, 0.3) is 0 Å². The lowest BCUT2D eigenvalue weighted by Gasteiger charge is -2.33. The highest BCUT2D eigenvalue weighted by Gasteiger charge is 2.52. The van der Waals surface area contributed by atoms with E-state index in [0.717, 1.165) is 17.7 Å². The van der Waals surface area contributed by atoms with Crippen molar-refractivity contribution < 1.29 is 19.1 Å². The van der Waals surface area contributed by atoms with Gasteiger partial charge in [0.1, 0.15) is 11.4 Å². The van der Waals surface area contributed by atoms with Crippen molar-refractivity contribution >= 4 is 11.9 Å². The molecule has 2 fully saturated rings. The summed E-state index contributed by atoms with van der Waals surface area (Å²) in [5.74, 6) is -0.182. The fourth-order valence-electron chi connectivity index (χ4n) is 3.43. The summed E-state index contributed by atoms with van der Waals surface area (Å²) >= 11 is 0. The number of halogens is 1. The molecular formula is C17H21FN2O3. The largest absolute Gasteiger partial charge is 0.387 e. The Morgan fingerprint density at radius 1 is 1.39 bits per heavy atom. The number of aliphatic hydroxyl groups excluding tert-OH is 1. The summed E-state index contributed by atoms with van der Waals surface area (Å²) in [6.07, 6.45) is 1.95. The molecule has 3 amide bonds. The Morgan fingerprint density at radius 3 is 2.74 bits per heavy atom. The van der Waals surface area contributed by atoms with Gasteiger partial charge < -0.3 is 10.4 Å². The molecule has 1 saturated heterocycles. The standard InChI is InChI=1S/C17H21FN2O3/c1-11-5-7-17(8-6-11)15(22)20(16(23)19-17)10-14(21)12-3-2-4-13(18)9-12/h2-4,9,11,14,21H,5-8,10H2,1H3,(H,19,23)/t11?,14-,17?/m0/s1. The van der Waals surface area contributed by atoms with E-state index in [1.54, 1.807) is 6.07 Å². The minimum absolute atomic E-state index is 0.161. The van der Waals surface area contributed by atoms with Gasteiger partial charge in [0.15, 0.2) is 0 Å². The lowest BCUT2D eigenvalue weighted by molar-refractivity contribution is -0.133. The second kappa shape index (κ2) is 5.92. The number of carbonyl (C=O) groups excluding carboxylic acids is 2. The summed E-state index contributed by atoms with van der Waals surface area (Å²) in [7, 11) is 0. The van der Waals surface area contributed by atoms with Crippen LogP contribution >= 0.6 is 0 Å². The molecule has 0 unspecified atom stereocenters. The lowest BCUT2D eigenvalue weighted by atomic mass is 9.77. The van der Waals surface area contributed by atoms with E-state index >= 15 is 0 Å². The Hall–Kier alpha value is -1.95. The van der Waals surface area contributed by atoms with Crippen molar-refractivity contribution in [2.45, 2.75) is 44.2 Å². The molecule has 0 aromatic heterocycles. The van der Waals surface area contributed by atoms with Crippen LogP contribution in [0.2, 0.25) is 0 Å². The average Bonchev–Trinajstić information content (AvgIpc) is 2.75. The van der Waals surface area contributed by atoms with Gasteiger partial charge in [0.05, 0.1) is 12.6 Å². The number of rotatable bonds is 3. The number of hydrogen-bond donors (Lipinski definition) is 2. The number of nitrogens with one attached hydrogen (secondary N) is 1. The first-order chi connectivity index (χ1) is 10.9. The van der Waals surface area contributed by atoms with E-state index in [2.05, 4.69) is 12.2 Å². The number of amides is 3. The van der Waals surface area contributed by atoms with E-state index in [-0.39, 0.29) is 12.5 Å². The topological polar surface area (TPSA) is 69.6 Å². The van der Waals surface area contributed by atoms with Crippen LogP contribution < -0.4 is 5.32 Å². The predicted octanol–water partition coefficient (Wildman–Crippen LogP) is 2.36. The fourth-order valence-corrected chi connectivity index (χ4v) is 3.43. The number of benzene rings is 1. The summed E-state index contributed by atoms with van der Waals surface area (Å²) < 4.78 is 13.2. The SMILES string of the molecule is CC1CCC2(CC1)NC(=O)N(C[C@H](O)c1cccc(F)c1)C2=O. The monoisotopic (exact) mass is 320 g/mol. The maximum Gasteiger partial charge on any atom is 0.325 e. The number of hydrogen-bond acceptors (Lipinski definition) is 3. The van der Waals surface area contributed by atoms with Gasteiger partial charge in [0.25, 0.3) is 5.91 Å². The van der Waals surface area contributed by atoms with Crippen molar-refractivity contribution in [3.63, 3.8) is 0 Å². The molecule has 1 aliphatic carbocycles. The maximum absolute atomic E-state index is 13.2. The van der Waals surface area contributed by atoms with Crippen LogP contribution in [0.15, 0.2) is 24.3 Å². The fraction of sp³-hybridized carbons (Fsp3) is 0.529. The molecule has 5 nitrogen and oxygen atoms in total. The van der Waals surface area contributed by atoms with Crippen molar-refractivity contribution in [1.29, 1.82) is 0 Å². The molecule has 1 aromatic carbocycles. The van der Waals surface area contributed by atoms with Gasteiger partial charge in [-0.3, -0.25) is 9.69 Å². The van der Waals surface area contributed by atoms with E-state index in [1.807, 2.05) is 0 Å². The normalized spacial score (nSPS) is 29.0. The van der Waals surface area contributed by atoms with Crippen molar-refractivity contribution in [3.05, 3.63) is 35.6 Å². The maximum atomic E-state index is 13.2. The number of nitrogens with zero attached hydrogens (tertiary/aromatic N) is 1. The smallest absolute Gasteiger partial charge is 0.325 e. The van der Waals surface area contributed by atoms with Crippen LogP contribution in [0.5, 0.6) is 0 Å². The molecule has 1 atom stereocenters. The third-order valence-corrected chi connectivity index (χ3v) is 4.96. The molecule has 1 saturated carbocycles. The summed E-state index contributed by atoms with van der Waals surface area (Å²) in [5, 5.41) is 13.0. The average molecular weight is 320 g/mol. The third-order valence-electron chi connectivity index (χ3n) is 4.96. The van der Waals surface area contributed by atoms with Gasteiger partial charge in [-0.1, -0.05) is 19.1 Å². The van der Waals surface area contributed by atoms with Gasteiger partial charge in [-0.2, -0.15) is 0 Å². The molecule has 1 spiro atoms. The number of imide groups is 1. The van der Waals surface area contributed by atoms with E-state index in [4.69, 9.17) is 0 Å². The molecule has 2 aliphatic rings. The predicted molar refractivity (Wildman–Crippen MR) is 82.0 cm³/mol. The highest BCUT2D eigenvalue weighted by atomic mass is 19.1. The van der Waals surface area contributed by atoms with Gasteiger partial charge in [-0.05, 0) is 49.3 Å². The number of β-amino-alcohol motifs (C(OH)–C–C–N with tert-alkyl or cyclic N) is 1. The molecule has 6 heteroatoms. The van der Waals surface area contributed by atoms with Crippen molar-refractivity contribution in [3.8, 4) is 0 Å². The second-order valence-corrected chi connectivity index (χ2v) is 6.68. The van der Waals surface area contributed by atoms with Crippen LogP contribution in [0.3, 0.4) is 0 Å². The summed E-state index contributed by atoms with van der Waals surface area (Å²) in [6.45, 7) is 1.98. The van der Waals surface area contributed by atoms with Crippen LogP contribution in [0.4, 0.5) is 9.18 Å². The van der Waals surface area contributed by atoms with Gasteiger partial charge >= 0.3 is 6.03 Å². The quantitative estimate of drug-likeness (QED) is 0.840. The number of aliphatic hydroxyl groups is 1. The van der Waals surface area contributed by atoms with Crippen LogP contribution in [-0.2, 0) is 4.79 Å². The minimum Gasteiger partial charge on any atom is -0.387 e. The van der Waals surface area contributed by atoms with Crippen molar-refractivity contribution in [1.82, 2.24) is 10.2 Å². The first kappa shape index (κ1) is 15.9. The van der Waals surface area contributed by atoms with Crippen LogP contribution in [-0.4, -0.2) is 34.0 Å². The Labute approximate surface area is 134 Å². The van der Waals surface area contributed by atoms with Gasteiger partial charge in [0, 0.05) is 0 Å². The first-order valence-corrected chi connectivity index (χ1v) is 7.99. The molecule has 2 N–H and O–H groups in total. The lowest BCUT2D eigenvalue weighted by Crippen LogP contribution is -2.49. The Balaban J connectivity index is 1.73. The number of urea groups is 1. The minimum atomic E-state index is -1.10. The summed E-state index contributed by atoms with van der Waals surface area (Å²) in [5.41, 5.74) is -0.463. The molecule has 1 aliphatic heterocycles. The zero-order chi connectivity index (χ0) is 16.6. The Kier molecular flexibility index (Phi) is 4.10. The molecule has 0 bridgehead atoms. The summed E-state index contributed by atoms with van der Waals surface area (Å²) in [4.78, 5) is 25.9. The highest BCUT2D eigenvalue weighted by Crippen LogP contribution is 2.36. The van der Waals surface area contributed by atoms with E-state index < -0.39 is 23.5 Å². The van der Waals surface area contributed by atoms with E-state index in [0.29, 0.717) is 24.3 Å². The summed E-state index contributed by atoms with van der Waals surface area (Å²) in [6, 6.07) is 5.08. The van der Waals surface area contributed by atoms with Gasteiger partial charge in [-0.15, -0.1) is 0 Å².